The number of carbonyl (C=O) groups is 2. The van der Waals surface area contributed by atoms with Crippen molar-refractivity contribution in [1.82, 2.24) is 15.1 Å². The summed E-state index contributed by atoms with van der Waals surface area (Å²) in [7, 11) is 6.51. The maximum absolute atomic E-state index is 12.5. The molecule has 1 atom stereocenters. The summed E-state index contributed by atoms with van der Waals surface area (Å²) in [5, 5.41) is 2.88. The van der Waals surface area contributed by atoms with Crippen LogP contribution in [0.4, 0.5) is 4.79 Å². The van der Waals surface area contributed by atoms with Crippen LogP contribution in [0.15, 0.2) is 29.5 Å². The number of carbonyl (C=O) groups excluding carboxylic acids is 2. The van der Waals surface area contributed by atoms with Gasteiger partial charge in [0.05, 0.1) is 38.1 Å². The molecule has 0 aromatic heterocycles. The van der Waals surface area contributed by atoms with E-state index in [-0.39, 0.29) is 11.9 Å². The van der Waals surface area contributed by atoms with Crippen LogP contribution in [0, 0.1) is 0 Å². The SMILES string of the molecule is COc1ccc(OC)c(C2NC(=O)N(C)C3=C2C(=O)N(C)C3)c1. The van der Waals surface area contributed by atoms with E-state index in [0.717, 1.165) is 5.70 Å². The van der Waals surface area contributed by atoms with Crippen molar-refractivity contribution in [2.45, 2.75) is 6.04 Å². The highest BCUT2D eigenvalue weighted by atomic mass is 16.5. The Kier molecular flexibility index (Phi) is 3.63. The summed E-state index contributed by atoms with van der Waals surface area (Å²) in [6.07, 6.45) is 0. The van der Waals surface area contributed by atoms with Gasteiger partial charge in [-0.3, -0.25) is 9.69 Å². The molecule has 1 unspecified atom stereocenters. The predicted molar refractivity (Wildman–Crippen MR) is 83.2 cm³/mol. The first kappa shape index (κ1) is 15.2. The smallest absolute Gasteiger partial charge is 0.322 e. The zero-order valence-corrected chi connectivity index (χ0v) is 13.5. The van der Waals surface area contributed by atoms with E-state index < -0.39 is 6.04 Å². The third-order valence-corrected chi connectivity index (χ3v) is 4.29. The summed E-state index contributed by atoms with van der Waals surface area (Å²) >= 11 is 0. The number of ether oxygens (including phenoxy) is 2. The second-order valence-corrected chi connectivity index (χ2v) is 5.57. The highest BCUT2D eigenvalue weighted by molar-refractivity contribution is 6.01. The molecule has 7 heteroatoms. The Labute approximate surface area is 134 Å². The van der Waals surface area contributed by atoms with E-state index in [2.05, 4.69) is 5.32 Å². The van der Waals surface area contributed by atoms with E-state index in [4.69, 9.17) is 9.47 Å². The monoisotopic (exact) mass is 317 g/mol. The highest BCUT2D eigenvalue weighted by Gasteiger charge is 2.42. The van der Waals surface area contributed by atoms with Crippen LogP contribution in [0.1, 0.15) is 11.6 Å². The van der Waals surface area contributed by atoms with Crippen LogP contribution in [0.25, 0.3) is 0 Å². The van der Waals surface area contributed by atoms with Gasteiger partial charge in [-0.25, -0.2) is 4.79 Å². The molecule has 3 rings (SSSR count). The van der Waals surface area contributed by atoms with Crippen molar-refractivity contribution in [3.63, 3.8) is 0 Å². The van der Waals surface area contributed by atoms with Gasteiger partial charge in [0, 0.05) is 19.7 Å². The first-order valence-electron chi connectivity index (χ1n) is 7.22. The summed E-state index contributed by atoms with van der Waals surface area (Å²) in [4.78, 5) is 27.9. The largest absolute Gasteiger partial charge is 0.497 e. The number of hydrogen-bond acceptors (Lipinski definition) is 4. The first-order valence-corrected chi connectivity index (χ1v) is 7.22. The fourth-order valence-electron chi connectivity index (χ4n) is 3.00. The molecule has 1 aromatic carbocycles. The minimum absolute atomic E-state index is 0.0956. The van der Waals surface area contributed by atoms with Crippen molar-refractivity contribution in [3.8, 4) is 11.5 Å². The molecule has 0 saturated heterocycles. The van der Waals surface area contributed by atoms with E-state index in [1.165, 1.54) is 4.90 Å². The fourth-order valence-corrected chi connectivity index (χ4v) is 3.00. The Hall–Kier alpha value is -2.70. The molecule has 0 spiro atoms. The van der Waals surface area contributed by atoms with Crippen LogP contribution in [-0.4, -0.2) is 56.6 Å². The van der Waals surface area contributed by atoms with Crippen LogP contribution in [0.2, 0.25) is 0 Å². The van der Waals surface area contributed by atoms with Gasteiger partial charge in [0.25, 0.3) is 5.91 Å². The maximum Gasteiger partial charge on any atom is 0.322 e. The number of benzene rings is 1. The molecule has 0 bridgehead atoms. The zero-order valence-electron chi connectivity index (χ0n) is 13.5. The van der Waals surface area contributed by atoms with Gasteiger partial charge in [-0.1, -0.05) is 0 Å². The number of methoxy groups -OCH3 is 2. The van der Waals surface area contributed by atoms with Gasteiger partial charge in [0.1, 0.15) is 11.5 Å². The number of rotatable bonds is 3. The first-order chi connectivity index (χ1) is 11.0. The van der Waals surface area contributed by atoms with Gasteiger partial charge >= 0.3 is 6.03 Å². The van der Waals surface area contributed by atoms with Crippen molar-refractivity contribution in [3.05, 3.63) is 35.0 Å². The van der Waals surface area contributed by atoms with Crippen LogP contribution in [-0.2, 0) is 4.79 Å². The summed E-state index contributed by atoms with van der Waals surface area (Å²) in [6.45, 7) is 0.418. The Morgan fingerprint density at radius 1 is 1.17 bits per heavy atom. The molecule has 23 heavy (non-hydrogen) atoms. The van der Waals surface area contributed by atoms with Gasteiger partial charge in [-0.2, -0.15) is 0 Å². The van der Waals surface area contributed by atoms with Crippen LogP contribution < -0.4 is 14.8 Å². The topological polar surface area (TPSA) is 71.1 Å². The quantitative estimate of drug-likeness (QED) is 0.907. The lowest BCUT2D eigenvalue weighted by Crippen LogP contribution is -2.45. The summed E-state index contributed by atoms with van der Waals surface area (Å²) < 4.78 is 10.7. The molecule has 0 radical (unpaired) electrons. The average Bonchev–Trinajstić information content (AvgIpc) is 2.86. The van der Waals surface area contributed by atoms with Gasteiger partial charge in [-0.15, -0.1) is 0 Å². The number of nitrogens with zero attached hydrogens (tertiary/aromatic N) is 2. The van der Waals surface area contributed by atoms with Crippen molar-refractivity contribution in [2.24, 2.45) is 0 Å². The number of urea groups is 1. The van der Waals surface area contributed by atoms with E-state index >= 15 is 0 Å². The standard InChI is InChI=1S/C16H19N3O4/c1-18-8-11-13(15(18)20)14(17-16(21)19(11)2)10-7-9(22-3)5-6-12(10)23-4/h5-7,14H,8H2,1-4H3,(H,17,21). The molecule has 1 N–H and O–H groups in total. The Morgan fingerprint density at radius 3 is 2.57 bits per heavy atom. The van der Waals surface area contributed by atoms with Crippen LogP contribution >= 0.6 is 0 Å². The molecule has 2 aliphatic rings. The average molecular weight is 317 g/mol. The summed E-state index contributed by atoms with van der Waals surface area (Å²) in [5.41, 5.74) is 1.99. The van der Waals surface area contributed by atoms with Crippen molar-refractivity contribution < 1.29 is 19.1 Å². The maximum atomic E-state index is 12.5. The molecule has 0 saturated carbocycles. The third kappa shape index (κ3) is 2.28. The lowest BCUT2D eigenvalue weighted by atomic mass is 9.94. The van der Waals surface area contributed by atoms with Gasteiger partial charge in [0.2, 0.25) is 0 Å². The number of hydrogen-bond donors (Lipinski definition) is 1. The Bertz CT molecular complexity index is 713. The zero-order chi connectivity index (χ0) is 16.7. The van der Waals surface area contributed by atoms with Gasteiger partial charge in [-0.05, 0) is 18.2 Å². The number of likely N-dealkylation sites (N-methyl/N-ethyl adjacent to an activating group) is 2. The molecule has 1 aromatic rings. The van der Waals surface area contributed by atoms with Crippen LogP contribution in [0.5, 0.6) is 11.5 Å². The van der Waals surface area contributed by atoms with Crippen molar-refractivity contribution in [1.29, 1.82) is 0 Å². The molecule has 2 aliphatic heterocycles. The normalized spacial score (nSPS) is 20.6. The third-order valence-electron chi connectivity index (χ3n) is 4.29. The molecule has 2 heterocycles. The van der Waals surface area contributed by atoms with Gasteiger partial charge < -0.3 is 19.7 Å². The molecule has 122 valence electrons. The Balaban J connectivity index is 2.15. The van der Waals surface area contributed by atoms with E-state index in [0.29, 0.717) is 29.2 Å². The van der Waals surface area contributed by atoms with Crippen molar-refractivity contribution >= 4 is 11.9 Å². The number of amides is 3. The molecule has 3 amide bonds. The summed E-state index contributed by atoms with van der Waals surface area (Å²) in [6, 6.07) is 4.52. The number of nitrogens with one attached hydrogen (secondary N) is 1. The minimum atomic E-state index is -0.559. The van der Waals surface area contributed by atoms with Gasteiger partial charge in [0.15, 0.2) is 0 Å². The second-order valence-electron chi connectivity index (χ2n) is 5.57. The van der Waals surface area contributed by atoms with Crippen molar-refractivity contribution in [2.75, 3.05) is 34.9 Å². The lowest BCUT2D eigenvalue weighted by Gasteiger charge is -2.31. The second kappa shape index (κ2) is 5.49. The molecule has 0 fully saturated rings. The molecular formula is C16H19N3O4. The molecule has 0 aliphatic carbocycles. The highest BCUT2D eigenvalue weighted by Crippen LogP contribution is 2.39. The van der Waals surface area contributed by atoms with E-state index in [1.807, 2.05) is 0 Å². The predicted octanol–water partition coefficient (Wildman–Crippen LogP) is 1.13. The van der Waals surface area contributed by atoms with E-state index in [1.54, 1.807) is 51.4 Å². The lowest BCUT2D eigenvalue weighted by molar-refractivity contribution is -0.124. The Morgan fingerprint density at radius 2 is 1.91 bits per heavy atom. The molecular weight excluding hydrogens is 298 g/mol. The molecule has 7 nitrogen and oxygen atoms in total. The van der Waals surface area contributed by atoms with E-state index in [9.17, 15) is 9.59 Å². The fraction of sp³-hybridized carbons (Fsp3) is 0.375. The minimum Gasteiger partial charge on any atom is -0.497 e. The van der Waals surface area contributed by atoms with Crippen LogP contribution in [0.3, 0.4) is 0 Å². The summed E-state index contributed by atoms with van der Waals surface area (Å²) in [5.74, 6) is 1.13.